The van der Waals surface area contributed by atoms with Gasteiger partial charge in [-0.15, -0.1) is 0 Å². The van der Waals surface area contributed by atoms with E-state index in [0.29, 0.717) is 18.1 Å². The maximum Gasteiger partial charge on any atom is 0.175 e. The molecule has 0 atom stereocenters. The smallest absolute Gasteiger partial charge is 0.175 e. The van der Waals surface area contributed by atoms with Gasteiger partial charge in [0, 0.05) is 6.54 Å². The Morgan fingerprint density at radius 1 is 1.14 bits per heavy atom. The number of halogens is 1. The van der Waals surface area contributed by atoms with Gasteiger partial charge in [0.1, 0.15) is 12.4 Å². The van der Waals surface area contributed by atoms with Gasteiger partial charge in [0.2, 0.25) is 0 Å². The second kappa shape index (κ2) is 7.33. The first-order valence-corrected chi connectivity index (χ1v) is 7.35. The molecule has 0 unspecified atom stereocenters. The third kappa shape index (κ3) is 4.12. The van der Waals surface area contributed by atoms with Crippen LogP contribution in [0.4, 0.5) is 0 Å². The summed E-state index contributed by atoms with van der Waals surface area (Å²) in [5, 5.41) is 12.4. The summed E-state index contributed by atoms with van der Waals surface area (Å²) in [4.78, 5) is 0. The summed E-state index contributed by atoms with van der Waals surface area (Å²) in [5.41, 5.74) is 2.08. The van der Waals surface area contributed by atoms with Crippen LogP contribution in [0.15, 0.2) is 40.9 Å². The van der Waals surface area contributed by atoms with Crippen LogP contribution >= 0.6 is 15.9 Å². The third-order valence-corrected chi connectivity index (χ3v) is 3.58. The number of nitrogens with one attached hydrogen (secondary N) is 1. The molecule has 5 heteroatoms. The third-order valence-electron chi connectivity index (χ3n) is 2.99. The van der Waals surface area contributed by atoms with Gasteiger partial charge >= 0.3 is 0 Å². The van der Waals surface area contributed by atoms with Crippen LogP contribution in [0.5, 0.6) is 17.2 Å². The number of phenols is 1. The van der Waals surface area contributed by atoms with Crippen LogP contribution in [0.25, 0.3) is 0 Å². The van der Waals surface area contributed by atoms with Crippen molar-refractivity contribution >= 4 is 15.9 Å². The van der Waals surface area contributed by atoms with E-state index in [4.69, 9.17) is 9.47 Å². The van der Waals surface area contributed by atoms with Gasteiger partial charge in [-0.05, 0) is 58.4 Å². The summed E-state index contributed by atoms with van der Waals surface area (Å²) in [6.07, 6.45) is 0. The van der Waals surface area contributed by atoms with Crippen molar-refractivity contribution in [2.24, 2.45) is 0 Å². The Balaban J connectivity index is 2.16. The van der Waals surface area contributed by atoms with E-state index in [2.05, 4.69) is 21.2 Å². The van der Waals surface area contributed by atoms with E-state index in [0.717, 1.165) is 22.1 Å². The molecule has 2 aromatic rings. The molecule has 0 fully saturated rings. The number of benzene rings is 2. The van der Waals surface area contributed by atoms with Gasteiger partial charge in [0.15, 0.2) is 11.5 Å². The summed E-state index contributed by atoms with van der Waals surface area (Å²) in [6.45, 7) is 1.16. The highest BCUT2D eigenvalue weighted by molar-refractivity contribution is 9.10. The summed E-state index contributed by atoms with van der Waals surface area (Å²) in [6, 6.07) is 10.9. The van der Waals surface area contributed by atoms with Crippen molar-refractivity contribution in [3.63, 3.8) is 0 Å². The van der Waals surface area contributed by atoms with Crippen molar-refractivity contribution < 1.29 is 14.6 Å². The predicted octanol–water partition coefficient (Wildman–Crippen LogP) is 3.46. The Labute approximate surface area is 132 Å². The minimum Gasteiger partial charge on any atom is -0.508 e. The molecule has 0 bridgehead atoms. The fourth-order valence-corrected chi connectivity index (χ4v) is 2.57. The van der Waals surface area contributed by atoms with E-state index in [1.807, 2.05) is 31.3 Å². The average Bonchev–Trinajstić information content (AvgIpc) is 2.47. The number of hydrogen-bond donors (Lipinski definition) is 2. The molecule has 2 N–H and O–H groups in total. The van der Waals surface area contributed by atoms with Gasteiger partial charge in [-0.2, -0.15) is 0 Å². The highest BCUT2D eigenvalue weighted by Gasteiger charge is 2.11. The largest absolute Gasteiger partial charge is 0.508 e. The Kier molecular flexibility index (Phi) is 5.47. The molecular weight excluding hydrogens is 334 g/mol. The lowest BCUT2D eigenvalue weighted by Crippen LogP contribution is -2.06. The average molecular weight is 352 g/mol. The van der Waals surface area contributed by atoms with Crippen molar-refractivity contribution in [2.75, 3.05) is 14.2 Å². The van der Waals surface area contributed by atoms with Gasteiger partial charge in [0.05, 0.1) is 11.6 Å². The zero-order chi connectivity index (χ0) is 15.2. The maximum absolute atomic E-state index is 9.28. The number of aromatic hydroxyl groups is 1. The summed E-state index contributed by atoms with van der Waals surface area (Å²) < 4.78 is 12.1. The molecule has 0 amide bonds. The monoisotopic (exact) mass is 351 g/mol. The molecule has 0 heterocycles. The van der Waals surface area contributed by atoms with Gasteiger partial charge in [0.25, 0.3) is 0 Å². The second-order valence-electron chi connectivity index (χ2n) is 4.59. The van der Waals surface area contributed by atoms with E-state index in [1.54, 1.807) is 19.2 Å². The number of methoxy groups -OCH3 is 1. The van der Waals surface area contributed by atoms with Crippen LogP contribution in [0.3, 0.4) is 0 Å². The van der Waals surface area contributed by atoms with E-state index < -0.39 is 0 Å². The quantitative estimate of drug-likeness (QED) is 0.836. The van der Waals surface area contributed by atoms with Gasteiger partial charge in [-0.3, -0.25) is 0 Å². The molecule has 21 heavy (non-hydrogen) atoms. The fourth-order valence-electron chi connectivity index (χ4n) is 1.97. The summed E-state index contributed by atoms with van der Waals surface area (Å²) >= 11 is 3.52. The number of hydrogen-bond acceptors (Lipinski definition) is 4. The SMILES string of the molecule is CNCc1cc(Br)c(OCc2ccc(O)cc2)c(OC)c1. The lowest BCUT2D eigenvalue weighted by molar-refractivity contribution is 0.282. The van der Waals surface area contributed by atoms with Crippen LogP contribution in [-0.4, -0.2) is 19.3 Å². The zero-order valence-electron chi connectivity index (χ0n) is 12.0. The lowest BCUT2D eigenvalue weighted by atomic mass is 10.2. The topological polar surface area (TPSA) is 50.7 Å². The van der Waals surface area contributed by atoms with Crippen molar-refractivity contribution in [3.05, 3.63) is 52.0 Å². The van der Waals surface area contributed by atoms with Gasteiger partial charge in [-0.25, -0.2) is 0 Å². The lowest BCUT2D eigenvalue weighted by Gasteiger charge is -2.14. The molecule has 0 aliphatic carbocycles. The molecule has 0 aromatic heterocycles. The van der Waals surface area contributed by atoms with Gasteiger partial charge < -0.3 is 19.9 Å². The number of rotatable bonds is 6. The Morgan fingerprint density at radius 3 is 2.48 bits per heavy atom. The Morgan fingerprint density at radius 2 is 1.86 bits per heavy atom. The van der Waals surface area contributed by atoms with Crippen molar-refractivity contribution in [2.45, 2.75) is 13.2 Å². The first-order chi connectivity index (χ1) is 10.1. The molecule has 112 valence electrons. The molecule has 2 rings (SSSR count). The zero-order valence-corrected chi connectivity index (χ0v) is 13.6. The van der Waals surface area contributed by atoms with E-state index in [-0.39, 0.29) is 5.75 Å². The second-order valence-corrected chi connectivity index (χ2v) is 5.45. The van der Waals surface area contributed by atoms with Crippen molar-refractivity contribution in [1.29, 1.82) is 0 Å². The van der Waals surface area contributed by atoms with E-state index >= 15 is 0 Å². The number of ether oxygens (including phenoxy) is 2. The minimum atomic E-state index is 0.244. The van der Waals surface area contributed by atoms with Crippen LogP contribution < -0.4 is 14.8 Å². The maximum atomic E-state index is 9.28. The predicted molar refractivity (Wildman–Crippen MR) is 85.9 cm³/mol. The summed E-state index contributed by atoms with van der Waals surface area (Å²) in [5.74, 6) is 1.60. The van der Waals surface area contributed by atoms with Crippen LogP contribution in [-0.2, 0) is 13.2 Å². The molecule has 0 saturated heterocycles. The van der Waals surface area contributed by atoms with Gasteiger partial charge in [-0.1, -0.05) is 12.1 Å². The molecule has 0 spiro atoms. The van der Waals surface area contributed by atoms with Crippen molar-refractivity contribution in [3.8, 4) is 17.2 Å². The molecular formula is C16H18BrNO3. The first kappa shape index (κ1) is 15.7. The molecule has 0 aliphatic heterocycles. The summed E-state index contributed by atoms with van der Waals surface area (Å²) in [7, 11) is 3.52. The van der Waals surface area contributed by atoms with Crippen molar-refractivity contribution in [1.82, 2.24) is 5.32 Å². The normalized spacial score (nSPS) is 10.4. The molecule has 2 aromatic carbocycles. The fraction of sp³-hybridized carbons (Fsp3) is 0.250. The highest BCUT2D eigenvalue weighted by atomic mass is 79.9. The molecule has 4 nitrogen and oxygen atoms in total. The molecule has 0 saturated carbocycles. The van der Waals surface area contributed by atoms with Crippen LogP contribution in [0, 0.1) is 0 Å². The molecule has 0 aliphatic rings. The number of phenolic OH excluding ortho intramolecular Hbond substituents is 1. The Bertz CT molecular complexity index is 599. The minimum absolute atomic E-state index is 0.244. The van der Waals surface area contributed by atoms with Crippen LogP contribution in [0.2, 0.25) is 0 Å². The molecule has 0 radical (unpaired) electrons. The van der Waals surface area contributed by atoms with E-state index in [9.17, 15) is 5.11 Å². The standard InChI is InChI=1S/C16H18BrNO3/c1-18-9-12-7-14(17)16(15(8-12)20-2)21-10-11-3-5-13(19)6-4-11/h3-8,18-19H,9-10H2,1-2H3. The van der Waals surface area contributed by atoms with E-state index in [1.165, 1.54) is 0 Å². The Hall–Kier alpha value is -1.72. The highest BCUT2D eigenvalue weighted by Crippen LogP contribution is 2.37. The van der Waals surface area contributed by atoms with Crippen LogP contribution in [0.1, 0.15) is 11.1 Å². The first-order valence-electron chi connectivity index (χ1n) is 6.55.